The first-order chi connectivity index (χ1) is 8.20. The third-order valence-corrected chi connectivity index (χ3v) is 4.08. The highest BCUT2D eigenvalue weighted by atomic mass is 79.9. The van der Waals surface area contributed by atoms with Crippen molar-refractivity contribution in [2.45, 2.75) is 6.54 Å². The van der Waals surface area contributed by atoms with E-state index >= 15 is 0 Å². The first-order valence-electron chi connectivity index (χ1n) is 5.04. The molecule has 88 valence electrons. The average molecular weight is 311 g/mol. The maximum Gasteiger partial charge on any atom is 0.266 e. The van der Waals surface area contributed by atoms with Crippen LogP contribution in [-0.2, 0) is 6.54 Å². The molecule has 0 bridgehead atoms. The standard InChI is InChI=1S/C12H11BrN2OS/c13-10-4-5-17-11(10)12(16)15-9-3-1-2-8(6-9)7-14/h1-6H,7,14H2,(H,15,16). The molecule has 17 heavy (non-hydrogen) atoms. The molecule has 0 atom stereocenters. The van der Waals surface area contributed by atoms with Crippen molar-refractivity contribution in [2.75, 3.05) is 5.32 Å². The summed E-state index contributed by atoms with van der Waals surface area (Å²) in [5.74, 6) is -0.110. The Morgan fingerprint density at radius 1 is 1.41 bits per heavy atom. The highest BCUT2D eigenvalue weighted by Gasteiger charge is 2.11. The summed E-state index contributed by atoms with van der Waals surface area (Å²) in [7, 11) is 0. The van der Waals surface area contributed by atoms with E-state index in [-0.39, 0.29) is 5.91 Å². The van der Waals surface area contributed by atoms with Crippen molar-refractivity contribution in [2.24, 2.45) is 5.73 Å². The van der Waals surface area contributed by atoms with Gasteiger partial charge in [-0.2, -0.15) is 0 Å². The summed E-state index contributed by atoms with van der Waals surface area (Å²) < 4.78 is 0.815. The van der Waals surface area contributed by atoms with Gasteiger partial charge in [0.15, 0.2) is 0 Å². The monoisotopic (exact) mass is 310 g/mol. The number of rotatable bonds is 3. The Morgan fingerprint density at radius 3 is 2.88 bits per heavy atom. The van der Waals surface area contributed by atoms with E-state index in [2.05, 4.69) is 21.2 Å². The Labute approximate surface area is 112 Å². The Hall–Kier alpha value is -1.17. The minimum atomic E-state index is -0.110. The molecule has 2 rings (SSSR count). The molecule has 0 saturated carbocycles. The van der Waals surface area contributed by atoms with Crippen LogP contribution in [0.1, 0.15) is 15.2 Å². The number of anilines is 1. The topological polar surface area (TPSA) is 55.1 Å². The molecule has 0 spiro atoms. The van der Waals surface area contributed by atoms with E-state index in [0.717, 1.165) is 15.7 Å². The van der Waals surface area contributed by atoms with Gasteiger partial charge in [0.2, 0.25) is 0 Å². The van der Waals surface area contributed by atoms with Gasteiger partial charge in [-0.1, -0.05) is 12.1 Å². The van der Waals surface area contributed by atoms with Crippen LogP contribution < -0.4 is 11.1 Å². The summed E-state index contributed by atoms with van der Waals surface area (Å²) >= 11 is 4.74. The van der Waals surface area contributed by atoms with Crippen LogP contribution in [0.3, 0.4) is 0 Å². The van der Waals surface area contributed by atoms with Crippen molar-refractivity contribution in [3.63, 3.8) is 0 Å². The number of thiophene rings is 1. The summed E-state index contributed by atoms with van der Waals surface area (Å²) in [5.41, 5.74) is 7.31. The third kappa shape index (κ3) is 2.94. The summed E-state index contributed by atoms with van der Waals surface area (Å²) in [4.78, 5) is 12.6. The molecule has 0 radical (unpaired) electrons. The van der Waals surface area contributed by atoms with Gasteiger partial charge in [0.25, 0.3) is 5.91 Å². The molecule has 1 aromatic heterocycles. The summed E-state index contributed by atoms with van der Waals surface area (Å²) in [6.07, 6.45) is 0. The van der Waals surface area contributed by atoms with Gasteiger partial charge in [-0.05, 0) is 45.1 Å². The number of carbonyl (C=O) groups excluding carboxylic acids is 1. The zero-order valence-corrected chi connectivity index (χ0v) is 11.3. The van der Waals surface area contributed by atoms with Gasteiger partial charge in [-0.3, -0.25) is 4.79 Å². The molecule has 1 amide bonds. The molecule has 1 aromatic carbocycles. The molecule has 3 nitrogen and oxygen atoms in total. The van der Waals surface area contributed by atoms with E-state index in [9.17, 15) is 4.79 Å². The zero-order chi connectivity index (χ0) is 12.3. The molecule has 0 aliphatic carbocycles. The lowest BCUT2D eigenvalue weighted by Gasteiger charge is -2.05. The second-order valence-electron chi connectivity index (χ2n) is 3.46. The van der Waals surface area contributed by atoms with Crippen LogP contribution in [0, 0.1) is 0 Å². The number of nitrogens with one attached hydrogen (secondary N) is 1. The number of amides is 1. The van der Waals surface area contributed by atoms with E-state index in [1.54, 1.807) is 0 Å². The van der Waals surface area contributed by atoms with Gasteiger partial charge in [-0.15, -0.1) is 11.3 Å². The number of benzene rings is 1. The largest absolute Gasteiger partial charge is 0.326 e. The van der Waals surface area contributed by atoms with E-state index in [4.69, 9.17) is 5.73 Å². The fourth-order valence-corrected chi connectivity index (χ4v) is 2.87. The Bertz CT molecular complexity index is 539. The van der Waals surface area contributed by atoms with Gasteiger partial charge in [0.05, 0.1) is 0 Å². The summed E-state index contributed by atoms with van der Waals surface area (Å²) in [6, 6.07) is 9.38. The SMILES string of the molecule is NCc1cccc(NC(=O)c2sccc2Br)c1. The van der Waals surface area contributed by atoms with Crippen molar-refractivity contribution >= 4 is 38.9 Å². The van der Waals surface area contributed by atoms with E-state index in [0.29, 0.717) is 11.4 Å². The number of halogens is 1. The molecule has 5 heteroatoms. The molecule has 0 aliphatic heterocycles. The van der Waals surface area contributed by atoms with Gasteiger partial charge in [0, 0.05) is 16.7 Å². The van der Waals surface area contributed by atoms with Crippen molar-refractivity contribution in [3.05, 3.63) is 50.6 Å². The number of hydrogen-bond donors (Lipinski definition) is 2. The fourth-order valence-electron chi connectivity index (χ4n) is 1.42. The Morgan fingerprint density at radius 2 is 2.24 bits per heavy atom. The summed E-state index contributed by atoms with van der Waals surface area (Å²) in [5, 5.41) is 4.72. The van der Waals surface area contributed by atoms with E-state index in [1.165, 1.54) is 11.3 Å². The van der Waals surface area contributed by atoms with Crippen LogP contribution in [0.5, 0.6) is 0 Å². The number of hydrogen-bond acceptors (Lipinski definition) is 3. The smallest absolute Gasteiger partial charge is 0.266 e. The Kier molecular flexibility index (Phi) is 3.93. The first kappa shape index (κ1) is 12.3. The molecule has 0 saturated heterocycles. The second kappa shape index (κ2) is 5.44. The first-order valence-corrected chi connectivity index (χ1v) is 6.71. The lowest BCUT2D eigenvalue weighted by atomic mass is 10.2. The molecule has 0 unspecified atom stereocenters. The zero-order valence-electron chi connectivity index (χ0n) is 8.94. The van der Waals surface area contributed by atoms with E-state index < -0.39 is 0 Å². The van der Waals surface area contributed by atoms with Crippen molar-refractivity contribution in [1.29, 1.82) is 0 Å². The molecule has 3 N–H and O–H groups in total. The quantitative estimate of drug-likeness (QED) is 0.914. The normalized spacial score (nSPS) is 10.2. The summed E-state index contributed by atoms with van der Waals surface area (Å²) in [6.45, 7) is 0.465. The molecular formula is C12H11BrN2OS. The average Bonchev–Trinajstić information content (AvgIpc) is 2.76. The van der Waals surface area contributed by atoms with Crippen LogP contribution in [0.2, 0.25) is 0 Å². The van der Waals surface area contributed by atoms with Crippen molar-refractivity contribution in [1.82, 2.24) is 0 Å². The van der Waals surface area contributed by atoms with Gasteiger partial charge < -0.3 is 11.1 Å². The molecular weight excluding hydrogens is 300 g/mol. The minimum absolute atomic E-state index is 0.110. The second-order valence-corrected chi connectivity index (χ2v) is 5.23. The minimum Gasteiger partial charge on any atom is -0.326 e. The van der Waals surface area contributed by atoms with Crippen LogP contribution >= 0.6 is 27.3 Å². The highest BCUT2D eigenvalue weighted by Crippen LogP contribution is 2.23. The molecule has 0 aliphatic rings. The molecule has 0 fully saturated rings. The number of carbonyl (C=O) groups is 1. The van der Waals surface area contributed by atoms with Crippen molar-refractivity contribution in [3.8, 4) is 0 Å². The third-order valence-electron chi connectivity index (χ3n) is 2.24. The van der Waals surface area contributed by atoms with Crippen LogP contribution in [0.4, 0.5) is 5.69 Å². The maximum atomic E-state index is 11.9. The van der Waals surface area contributed by atoms with Gasteiger partial charge in [-0.25, -0.2) is 0 Å². The fraction of sp³-hybridized carbons (Fsp3) is 0.0833. The van der Waals surface area contributed by atoms with Crippen LogP contribution in [0.25, 0.3) is 0 Å². The van der Waals surface area contributed by atoms with Gasteiger partial charge in [0.1, 0.15) is 4.88 Å². The molecule has 2 aromatic rings. The predicted molar refractivity (Wildman–Crippen MR) is 74.3 cm³/mol. The van der Waals surface area contributed by atoms with Crippen molar-refractivity contribution < 1.29 is 4.79 Å². The maximum absolute atomic E-state index is 11.9. The Balaban J connectivity index is 2.16. The van der Waals surface area contributed by atoms with Crippen LogP contribution in [0.15, 0.2) is 40.2 Å². The van der Waals surface area contributed by atoms with Gasteiger partial charge >= 0.3 is 0 Å². The highest BCUT2D eigenvalue weighted by molar-refractivity contribution is 9.10. The van der Waals surface area contributed by atoms with Crippen LogP contribution in [-0.4, -0.2) is 5.91 Å². The predicted octanol–water partition coefficient (Wildman–Crippen LogP) is 3.22. The lowest BCUT2D eigenvalue weighted by molar-refractivity contribution is 0.103. The lowest BCUT2D eigenvalue weighted by Crippen LogP contribution is -2.11. The number of nitrogens with two attached hydrogens (primary N) is 1. The molecule has 1 heterocycles. The van der Waals surface area contributed by atoms with E-state index in [1.807, 2.05) is 35.7 Å².